The molecule has 4 aromatic rings. The van der Waals surface area contributed by atoms with Crippen LogP contribution in [-0.4, -0.2) is 75.0 Å². The van der Waals surface area contributed by atoms with Crippen LogP contribution >= 0.6 is 19.2 Å². The molecule has 1 aliphatic rings. The molecule has 0 radical (unpaired) electrons. The number of amides is 1. The normalized spacial score (nSPS) is 15.5. The topological polar surface area (TPSA) is 168 Å². The van der Waals surface area contributed by atoms with Gasteiger partial charge in [0.15, 0.2) is 16.6 Å². The fraction of sp³-hybridized carbons (Fsp3) is 0.400. The average Bonchev–Trinajstić information content (AvgIpc) is 3.46. The number of carbonyl (C=O) groups is 1. The van der Waals surface area contributed by atoms with Crippen molar-refractivity contribution in [2.75, 3.05) is 44.0 Å². The standard InChI is InChI=1S/C30H36FN6O7PS/c1-42-26-16-22-25(17-27(26)43-13-6-12-37-11-5-4-7-20(37)10-14-44-45(39,40)41)33-19-34-29(22)36-30-32-18-21(46-30)15-28(38)35-24-9-3-2-8-23(24)31/h2-3,8-9,16-20H,4-7,10-15H2,1H3,(H,35,38)(H2,39,40,41)(H,32,33,34,36). The SMILES string of the molecule is COc1cc2c(Nc3ncc(CC(=O)Nc4ccccc4F)s3)ncnc2cc1OCCCN1CCCCC1CCOP(=O)(O)O. The molecule has 1 aliphatic heterocycles. The van der Waals surface area contributed by atoms with E-state index in [0.717, 1.165) is 38.8 Å². The first-order chi connectivity index (χ1) is 22.2. The van der Waals surface area contributed by atoms with Gasteiger partial charge in [0.2, 0.25) is 5.91 Å². The third-order valence-electron chi connectivity index (χ3n) is 7.49. The van der Waals surface area contributed by atoms with Gasteiger partial charge in [0, 0.05) is 35.1 Å². The van der Waals surface area contributed by atoms with Crippen LogP contribution in [0.2, 0.25) is 0 Å². The van der Waals surface area contributed by atoms with Crippen molar-refractivity contribution in [3.8, 4) is 11.5 Å². The number of ether oxygens (including phenoxy) is 2. The summed E-state index contributed by atoms with van der Waals surface area (Å²) in [4.78, 5) is 46.6. The Balaban J connectivity index is 1.17. The van der Waals surface area contributed by atoms with E-state index in [-0.39, 0.29) is 30.7 Å². The Morgan fingerprint density at radius 3 is 2.80 bits per heavy atom. The zero-order valence-electron chi connectivity index (χ0n) is 25.2. The maximum atomic E-state index is 13.9. The van der Waals surface area contributed by atoms with Crippen molar-refractivity contribution in [3.05, 3.63) is 59.6 Å². The first-order valence-electron chi connectivity index (χ1n) is 14.8. The van der Waals surface area contributed by atoms with Crippen LogP contribution in [0.3, 0.4) is 0 Å². The first-order valence-corrected chi connectivity index (χ1v) is 17.2. The number of fused-ring (bicyclic) bond motifs is 1. The number of nitrogens with zero attached hydrogens (tertiary/aromatic N) is 4. The van der Waals surface area contributed by atoms with E-state index in [1.807, 2.05) is 0 Å². The van der Waals surface area contributed by atoms with Gasteiger partial charge >= 0.3 is 7.82 Å². The number of hydrogen-bond donors (Lipinski definition) is 4. The molecule has 1 atom stereocenters. The van der Waals surface area contributed by atoms with Gasteiger partial charge in [-0.2, -0.15) is 0 Å². The van der Waals surface area contributed by atoms with Crippen LogP contribution in [0.5, 0.6) is 11.5 Å². The molecule has 4 N–H and O–H groups in total. The molecule has 1 fully saturated rings. The molecule has 1 unspecified atom stereocenters. The van der Waals surface area contributed by atoms with Crippen LogP contribution in [0.15, 0.2) is 48.9 Å². The second kappa shape index (κ2) is 15.7. The molecule has 0 spiro atoms. The molecule has 2 aromatic carbocycles. The van der Waals surface area contributed by atoms with Crippen molar-refractivity contribution in [2.45, 2.75) is 44.6 Å². The summed E-state index contributed by atoms with van der Waals surface area (Å²) >= 11 is 1.28. The molecule has 2 aromatic heterocycles. The van der Waals surface area contributed by atoms with Gasteiger partial charge in [-0.05, 0) is 50.4 Å². The molecule has 5 rings (SSSR count). The quantitative estimate of drug-likeness (QED) is 0.0953. The summed E-state index contributed by atoms with van der Waals surface area (Å²) in [7, 11) is -2.91. The molecule has 0 bridgehead atoms. The van der Waals surface area contributed by atoms with Crippen LogP contribution in [0, 0.1) is 5.82 Å². The van der Waals surface area contributed by atoms with Crippen molar-refractivity contribution in [1.82, 2.24) is 19.9 Å². The lowest BCUT2D eigenvalue weighted by molar-refractivity contribution is -0.115. The van der Waals surface area contributed by atoms with Gasteiger partial charge in [0.05, 0.1) is 37.9 Å². The maximum Gasteiger partial charge on any atom is 0.469 e. The largest absolute Gasteiger partial charge is 0.493 e. The minimum absolute atomic E-state index is 0.0207. The number of piperidine rings is 1. The number of likely N-dealkylation sites (tertiary alicyclic amines) is 1. The van der Waals surface area contributed by atoms with Crippen molar-refractivity contribution < 1.29 is 37.5 Å². The number of carbonyl (C=O) groups excluding carboxylic acids is 1. The van der Waals surface area contributed by atoms with Gasteiger partial charge in [0.25, 0.3) is 0 Å². The third kappa shape index (κ3) is 9.41. The van der Waals surface area contributed by atoms with Crippen molar-refractivity contribution in [1.29, 1.82) is 0 Å². The first kappa shape index (κ1) is 33.6. The minimum atomic E-state index is -4.46. The predicted molar refractivity (Wildman–Crippen MR) is 172 cm³/mol. The highest BCUT2D eigenvalue weighted by Crippen LogP contribution is 2.37. The molecule has 13 nitrogen and oxygen atoms in total. The van der Waals surface area contributed by atoms with E-state index in [9.17, 15) is 13.8 Å². The van der Waals surface area contributed by atoms with Crippen LogP contribution in [0.25, 0.3) is 10.9 Å². The molecular weight excluding hydrogens is 638 g/mol. The number of anilines is 3. The van der Waals surface area contributed by atoms with E-state index in [1.54, 1.807) is 37.6 Å². The Labute approximate surface area is 269 Å². The van der Waals surface area contributed by atoms with E-state index < -0.39 is 13.6 Å². The molecule has 0 saturated carbocycles. The zero-order chi connectivity index (χ0) is 32.5. The molecule has 16 heteroatoms. The number of aromatic nitrogens is 3. The number of rotatable bonds is 15. The van der Waals surface area contributed by atoms with E-state index in [0.29, 0.717) is 51.3 Å². The summed E-state index contributed by atoms with van der Waals surface area (Å²) in [5.74, 6) is 0.709. The Kier molecular flexibility index (Phi) is 11.5. The highest BCUT2D eigenvalue weighted by molar-refractivity contribution is 7.46. The monoisotopic (exact) mass is 674 g/mol. The molecular formula is C30H36FN6O7PS. The fourth-order valence-electron chi connectivity index (χ4n) is 5.34. The number of benzene rings is 2. The summed E-state index contributed by atoms with van der Waals surface area (Å²) in [6.07, 6.45) is 7.50. The van der Waals surface area contributed by atoms with Crippen LogP contribution in [-0.2, 0) is 20.3 Å². The van der Waals surface area contributed by atoms with E-state index in [4.69, 9.17) is 19.3 Å². The number of halogens is 1. The summed E-state index contributed by atoms with van der Waals surface area (Å²) < 4.78 is 41.3. The highest BCUT2D eigenvalue weighted by Gasteiger charge is 2.23. The van der Waals surface area contributed by atoms with Gasteiger partial charge in [-0.1, -0.05) is 18.6 Å². The van der Waals surface area contributed by atoms with Crippen molar-refractivity contribution in [2.24, 2.45) is 0 Å². The molecule has 0 aliphatic carbocycles. The summed E-state index contributed by atoms with van der Waals surface area (Å²) in [6, 6.07) is 9.80. The average molecular weight is 675 g/mol. The smallest absolute Gasteiger partial charge is 0.469 e. The van der Waals surface area contributed by atoms with Gasteiger partial charge < -0.3 is 34.8 Å². The van der Waals surface area contributed by atoms with Gasteiger partial charge in [-0.15, -0.1) is 11.3 Å². The number of methoxy groups -OCH3 is 1. The fourth-order valence-corrected chi connectivity index (χ4v) is 6.49. The number of thiazole rings is 1. The van der Waals surface area contributed by atoms with Gasteiger partial charge in [0.1, 0.15) is 18.0 Å². The number of nitrogens with one attached hydrogen (secondary N) is 2. The Morgan fingerprint density at radius 2 is 2.00 bits per heavy atom. The third-order valence-corrected chi connectivity index (χ3v) is 8.92. The number of phosphoric acid groups is 1. The number of para-hydroxylation sites is 1. The second-order valence-corrected chi connectivity index (χ2v) is 13.1. The molecule has 1 saturated heterocycles. The van der Waals surface area contributed by atoms with Gasteiger partial charge in [-0.3, -0.25) is 9.32 Å². The lowest BCUT2D eigenvalue weighted by Gasteiger charge is -2.35. The Bertz CT molecular complexity index is 1690. The molecule has 46 heavy (non-hydrogen) atoms. The lowest BCUT2D eigenvalue weighted by Crippen LogP contribution is -2.41. The van der Waals surface area contributed by atoms with Crippen LogP contribution in [0.4, 0.5) is 21.0 Å². The van der Waals surface area contributed by atoms with Gasteiger partial charge in [-0.25, -0.2) is 23.9 Å². The molecule has 1 amide bonds. The molecule has 3 heterocycles. The minimum Gasteiger partial charge on any atom is -0.493 e. The Hall–Kier alpha value is -3.72. The number of hydrogen-bond acceptors (Lipinski definition) is 11. The van der Waals surface area contributed by atoms with E-state index in [2.05, 4.69) is 35.0 Å². The number of phosphoric ester groups is 1. The summed E-state index contributed by atoms with van der Waals surface area (Å²) in [6.45, 7) is 2.17. The zero-order valence-corrected chi connectivity index (χ0v) is 26.9. The van der Waals surface area contributed by atoms with Crippen LogP contribution < -0.4 is 20.1 Å². The Morgan fingerprint density at radius 1 is 1.15 bits per heavy atom. The van der Waals surface area contributed by atoms with E-state index >= 15 is 0 Å². The van der Waals surface area contributed by atoms with Crippen LogP contribution in [0.1, 0.15) is 37.0 Å². The van der Waals surface area contributed by atoms with Crippen molar-refractivity contribution >= 4 is 52.6 Å². The predicted octanol–water partition coefficient (Wildman–Crippen LogP) is 5.28. The maximum absolute atomic E-state index is 13.9. The second-order valence-electron chi connectivity index (χ2n) is 10.7. The van der Waals surface area contributed by atoms with Crippen molar-refractivity contribution in [3.63, 3.8) is 0 Å². The summed E-state index contributed by atoms with van der Waals surface area (Å²) in [5.41, 5.74) is 0.760. The van der Waals surface area contributed by atoms with E-state index in [1.165, 1.54) is 29.8 Å². The lowest BCUT2D eigenvalue weighted by atomic mass is 9.99. The highest BCUT2D eigenvalue weighted by atomic mass is 32.1. The molecule has 246 valence electrons. The summed E-state index contributed by atoms with van der Waals surface area (Å²) in [5, 5.41) is 6.99.